The van der Waals surface area contributed by atoms with Gasteiger partial charge in [-0.1, -0.05) is 12.1 Å². The normalized spacial score (nSPS) is 14.3. The van der Waals surface area contributed by atoms with Crippen LogP contribution in [0.4, 0.5) is 0 Å². The Kier molecular flexibility index (Phi) is 3.02. The Morgan fingerprint density at radius 1 is 1.44 bits per heavy atom. The molecular formula is C10H12N4O2. The molecule has 0 saturated heterocycles. The van der Waals surface area contributed by atoms with E-state index in [-0.39, 0.29) is 5.84 Å². The van der Waals surface area contributed by atoms with Crippen molar-refractivity contribution in [2.45, 2.75) is 6.54 Å². The number of carbonyl (C=O) groups excluding carboxylic acids is 1. The van der Waals surface area contributed by atoms with Gasteiger partial charge in [-0.3, -0.25) is 10.2 Å². The quantitative estimate of drug-likeness (QED) is 0.701. The number of methoxy groups -OCH3 is 1. The molecule has 1 heterocycles. The van der Waals surface area contributed by atoms with Crippen LogP contribution in [-0.4, -0.2) is 24.3 Å². The molecule has 2 rings (SSSR count). The van der Waals surface area contributed by atoms with Gasteiger partial charge in [-0.05, 0) is 17.7 Å². The third kappa shape index (κ3) is 2.29. The number of hydrogen-bond acceptors (Lipinski definition) is 6. The van der Waals surface area contributed by atoms with Crippen LogP contribution in [0.25, 0.3) is 0 Å². The summed E-state index contributed by atoms with van der Waals surface area (Å²) in [6, 6.07) is 7.64. The second kappa shape index (κ2) is 4.63. The molecule has 0 radical (unpaired) electrons. The van der Waals surface area contributed by atoms with Crippen molar-refractivity contribution in [1.29, 1.82) is 0 Å². The Morgan fingerprint density at radius 2 is 2.19 bits per heavy atom. The minimum atomic E-state index is 0.272. The summed E-state index contributed by atoms with van der Waals surface area (Å²) in [6.45, 7) is 0.564. The van der Waals surface area contributed by atoms with Crippen molar-refractivity contribution in [3.63, 3.8) is 0 Å². The summed E-state index contributed by atoms with van der Waals surface area (Å²) in [6.07, 6.45) is 0.654. The molecule has 6 heteroatoms. The third-order valence-corrected chi connectivity index (χ3v) is 2.14. The number of hydrogen-bond donors (Lipinski definition) is 2. The maximum absolute atomic E-state index is 10.4. The molecule has 1 aliphatic heterocycles. The van der Waals surface area contributed by atoms with Gasteiger partial charge in [-0.2, -0.15) is 0 Å². The monoisotopic (exact) mass is 220 g/mol. The summed E-state index contributed by atoms with van der Waals surface area (Å²) in [5.74, 6) is 1.09. The molecule has 2 N–H and O–H groups in total. The molecule has 0 saturated carbocycles. The molecule has 0 spiro atoms. The van der Waals surface area contributed by atoms with Crippen molar-refractivity contribution in [3.05, 3.63) is 29.8 Å². The zero-order valence-corrected chi connectivity index (χ0v) is 8.80. The van der Waals surface area contributed by atoms with Crippen molar-refractivity contribution in [1.82, 2.24) is 16.1 Å². The van der Waals surface area contributed by atoms with Crippen molar-refractivity contribution in [2.75, 3.05) is 7.11 Å². The molecule has 1 aromatic rings. The highest BCUT2D eigenvalue weighted by atomic mass is 16.5. The standard InChI is InChI=1S/C10H12N4O2/c1-16-9-4-2-8(3-5-9)6-14-12-10(7-15)11-13-14/h2-5,7,13H,6H2,1H3,(H,11,12). The van der Waals surface area contributed by atoms with Gasteiger partial charge in [0.05, 0.1) is 13.7 Å². The Hall–Kier alpha value is -2.08. The van der Waals surface area contributed by atoms with E-state index in [1.54, 1.807) is 12.2 Å². The van der Waals surface area contributed by atoms with Gasteiger partial charge >= 0.3 is 0 Å². The average molecular weight is 220 g/mol. The summed E-state index contributed by atoms with van der Waals surface area (Å²) in [5.41, 5.74) is 6.45. The van der Waals surface area contributed by atoms with E-state index < -0.39 is 0 Å². The SMILES string of the molecule is COc1ccc(CN2N=C(C=O)NN2)cc1. The first-order valence-electron chi connectivity index (χ1n) is 4.78. The molecule has 1 aromatic carbocycles. The molecule has 0 amide bonds. The van der Waals surface area contributed by atoms with E-state index in [0.717, 1.165) is 11.3 Å². The van der Waals surface area contributed by atoms with Crippen molar-refractivity contribution >= 4 is 12.1 Å². The molecule has 0 aliphatic carbocycles. The summed E-state index contributed by atoms with van der Waals surface area (Å²) >= 11 is 0. The molecule has 6 nitrogen and oxygen atoms in total. The fourth-order valence-corrected chi connectivity index (χ4v) is 1.33. The smallest absolute Gasteiger partial charge is 0.203 e. The summed E-state index contributed by atoms with van der Waals surface area (Å²) in [5, 5.41) is 5.52. The van der Waals surface area contributed by atoms with Crippen molar-refractivity contribution < 1.29 is 9.53 Å². The zero-order chi connectivity index (χ0) is 11.4. The first-order chi connectivity index (χ1) is 7.81. The van der Waals surface area contributed by atoms with Gasteiger partial charge in [0.2, 0.25) is 5.84 Å². The number of hydrazine groups is 2. The molecule has 0 bridgehead atoms. The van der Waals surface area contributed by atoms with Crippen LogP contribution in [0.5, 0.6) is 5.75 Å². The summed E-state index contributed by atoms with van der Waals surface area (Å²) in [4.78, 5) is 10.4. The van der Waals surface area contributed by atoms with E-state index in [2.05, 4.69) is 16.1 Å². The minimum absolute atomic E-state index is 0.272. The number of ether oxygens (including phenoxy) is 1. The van der Waals surface area contributed by atoms with Crippen LogP contribution in [0.2, 0.25) is 0 Å². The second-order valence-corrected chi connectivity index (χ2v) is 3.25. The molecule has 0 aromatic heterocycles. The predicted molar refractivity (Wildman–Crippen MR) is 58.3 cm³/mol. The largest absolute Gasteiger partial charge is 0.497 e. The van der Waals surface area contributed by atoms with E-state index in [1.807, 2.05) is 24.3 Å². The maximum Gasteiger partial charge on any atom is 0.203 e. The highest BCUT2D eigenvalue weighted by Gasteiger charge is 2.11. The summed E-state index contributed by atoms with van der Waals surface area (Å²) in [7, 11) is 1.63. The lowest BCUT2D eigenvalue weighted by molar-refractivity contribution is -0.102. The van der Waals surface area contributed by atoms with E-state index >= 15 is 0 Å². The first kappa shape index (κ1) is 10.4. The number of benzene rings is 1. The molecule has 0 atom stereocenters. The van der Waals surface area contributed by atoms with Gasteiger partial charge in [0, 0.05) is 0 Å². The molecule has 16 heavy (non-hydrogen) atoms. The van der Waals surface area contributed by atoms with E-state index in [0.29, 0.717) is 12.8 Å². The van der Waals surface area contributed by atoms with Gasteiger partial charge in [-0.15, -0.1) is 10.6 Å². The van der Waals surface area contributed by atoms with Crippen LogP contribution in [0, 0.1) is 0 Å². The fraction of sp³-hybridized carbons (Fsp3) is 0.200. The van der Waals surface area contributed by atoms with E-state index in [4.69, 9.17) is 4.74 Å². The topological polar surface area (TPSA) is 66.0 Å². The maximum atomic E-state index is 10.4. The van der Waals surface area contributed by atoms with Crippen LogP contribution in [-0.2, 0) is 11.3 Å². The van der Waals surface area contributed by atoms with Crippen LogP contribution >= 0.6 is 0 Å². The van der Waals surface area contributed by atoms with Gasteiger partial charge in [-0.25, -0.2) is 5.12 Å². The molecule has 0 unspecified atom stereocenters. The van der Waals surface area contributed by atoms with E-state index in [9.17, 15) is 4.79 Å². The average Bonchev–Trinajstić information content (AvgIpc) is 2.78. The Bertz CT molecular complexity index is 402. The third-order valence-electron chi connectivity index (χ3n) is 2.14. The van der Waals surface area contributed by atoms with Crippen LogP contribution in [0.15, 0.2) is 29.4 Å². The van der Waals surface area contributed by atoms with Crippen LogP contribution < -0.4 is 15.7 Å². The number of aldehydes is 1. The minimum Gasteiger partial charge on any atom is -0.497 e. The lowest BCUT2D eigenvalue weighted by Crippen LogP contribution is -2.38. The number of rotatable bonds is 4. The number of hydrazone groups is 1. The van der Waals surface area contributed by atoms with Gasteiger partial charge in [0.15, 0.2) is 6.29 Å². The molecule has 84 valence electrons. The number of nitrogens with zero attached hydrogens (tertiary/aromatic N) is 2. The van der Waals surface area contributed by atoms with Gasteiger partial charge in [0.1, 0.15) is 5.75 Å². The lowest BCUT2D eigenvalue weighted by Gasteiger charge is -2.12. The number of carbonyl (C=O) groups is 1. The van der Waals surface area contributed by atoms with Crippen LogP contribution in [0.3, 0.4) is 0 Å². The zero-order valence-electron chi connectivity index (χ0n) is 8.80. The highest BCUT2D eigenvalue weighted by molar-refractivity contribution is 6.27. The van der Waals surface area contributed by atoms with Crippen molar-refractivity contribution in [2.24, 2.45) is 5.10 Å². The Morgan fingerprint density at radius 3 is 2.75 bits per heavy atom. The highest BCUT2D eigenvalue weighted by Crippen LogP contribution is 2.12. The summed E-state index contributed by atoms with van der Waals surface area (Å²) < 4.78 is 5.06. The predicted octanol–water partition coefficient (Wildman–Crippen LogP) is 0.0324. The van der Waals surface area contributed by atoms with Gasteiger partial charge < -0.3 is 4.74 Å². The van der Waals surface area contributed by atoms with Crippen LogP contribution in [0.1, 0.15) is 5.56 Å². The first-order valence-corrected chi connectivity index (χ1v) is 4.78. The van der Waals surface area contributed by atoms with E-state index in [1.165, 1.54) is 0 Å². The fourth-order valence-electron chi connectivity index (χ4n) is 1.33. The molecular weight excluding hydrogens is 208 g/mol. The molecule has 0 fully saturated rings. The molecule has 1 aliphatic rings. The van der Waals surface area contributed by atoms with Gasteiger partial charge in [0.25, 0.3) is 0 Å². The lowest BCUT2D eigenvalue weighted by atomic mass is 10.2. The second-order valence-electron chi connectivity index (χ2n) is 3.25. The number of amidine groups is 1. The Labute approximate surface area is 92.8 Å². The number of nitrogens with one attached hydrogen (secondary N) is 2. The Balaban J connectivity index is 1.99. The van der Waals surface area contributed by atoms with Crippen molar-refractivity contribution in [3.8, 4) is 5.75 Å².